The van der Waals surface area contributed by atoms with Gasteiger partial charge in [0.05, 0.1) is 17.7 Å². The predicted molar refractivity (Wildman–Crippen MR) is 101 cm³/mol. The Kier molecular flexibility index (Phi) is 7.18. The number of nitrogens with one attached hydrogen (secondary N) is 1. The second-order valence-corrected chi connectivity index (χ2v) is 6.78. The molecule has 9 heteroatoms. The maximum atomic E-state index is 12.0. The number of nitro benzene ring substituents is 1. The second kappa shape index (κ2) is 9.58. The molecule has 0 saturated heterocycles. The number of nitrogens with zero attached hydrogens (tertiary/aromatic N) is 1. The Balaban J connectivity index is 1.83. The third-order valence-corrected chi connectivity index (χ3v) is 4.51. The fourth-order valence-electron chi connectivity index (χ4n) is 2.09. The first-order chi connectivity index (χ1) is 12.9. The van der Waals surface area contributed by atoms with Crippen LogP contribution in [0.25, 0.3) is 0 Å². The Morgan fingerprint density at radius 1 is 1.19 bits per heavy atom. The molecule has 0 fully saturated rings. The summed E-state index contributed by atoms with van der Waals surface area (Å²) in [5.41, 5.74) is 0.456. The van der Waals surface area contributed by atoms with Gasteiger partial charge in [0.2, 0.25) is 0 Å². The maximum absolute atomic E-state index is 12.0. The largest absolute Gasteiger partial charge is 0.495 e. The lowest BCUT2D eigenvalue weighted by Crippen LogP contribution is -2.25. The van der Waals surface area contributed by atoms with E-state index in [1.807, 2.05) is 0 Å². The van der Waals surface area contributed by atoms with E-state index < -0.39 is 28.7 Å². The van der Waals surface area contributed by atoms with Crippen molar-refractivity contribution in [2.45, 2.75) is 17.1 Å². The Bertz CT molecular complexity index is 825. The fourth-order valence-corrected chi connectivity index (χ4v) is 2.95. The van der Waals surface area contributed by atoms with Gasteiger partial charge in [-0.3, -0.25) is 19.7 Å². The number of esters is 1. The van der Waals surface area contributed by atoms with Crippen LogP contribution in [0.5, 0.6) is 5.75 Å². The molecule has 8 nitrogen and oxygen atoms in total. The van der Waals surface area contributed by atoms with Crippen LogP contribution < -0.4 is 10.1 Å². The highest BCUT2D eigenvalue weighted by atomic mass is 32.2. The summed E-state index contributed by atoms with van der Waals surface area (Å²) < 4.78 is 10.2. The van der Waals surface area contributed by atoms with E-state index in [9.17, 15) is 19.7 Å². The Hall–Kier alpha value is -3.07. The number of hydrogen-bond acceptors (Lipinski definition) is 7. The summed E-state index contributed by atoms with van der Waals surface area (Å²) in [6, 6.07) is 12.7. The number of carbonyl (C=O) groups is 2. The lowest BCUT2D eigenvalue weighted by molar-refractivity contribution is -0.384. The van der Waals surface area contributed by atoms with Crippen molar-refractivity contribution in [1.82, 2.24) is 0 Å². The van der Waals surface area contributed by atoms with E-state index in [0.717, 1.165) is 0 Å². The van der Waals surface area contributed by atoms with Crippen molar-refractivity contribution >= 4 is 35.0 Å². The van der Waals surface area contributed by atoms with Gasteiger partial charge in [0.1, 0.15) is 11.0 Å². The minimum Gasteiger partial charge on any atom is -0.495 e. The molecule has 0 spiro atoms. The molecule has 0 aliphatic rings. The van der Waals surface area contributed by atoms with E-state index in [-0.39, 0.29) is 5.69 Å². The summed E-state index contributed by atoms with van der Waals surface area (Å²) >= 11 is 1.18. The molecule has 2 aromatic rings. The van der Waals surface area contributed by atoms with Gasteiger partial charge in [-0.2, -0.15) is 0 Å². The molecule has 0 unspecified atom stereocenters. The Morgan fingerprint density at radius 2 is 1.85 bits per heavy atom. The lowest BCUT2D eigenvalue weighted by Gasteiger charge is -2.12. The first-order valence-corrected chi connectivity index (χ1v) is 8.79. The van der Waals surface area contributed by atoms with E-state index in [4.69, 9.17) is 9.47 Å². The van der Waals surface area contributed by atoms with Crippen molar-refractivity contribution in [1.29, 1.82) is 0 Å². The van der Waals surface area contributed by atoms with Crippen LogP contribution in [0.15, 0.2) is 53.4 Å². The van der Waals surface area contributed by atoms with E-state index in [2.05, 4.69) is 5.32 Å². The second-order valence-electron chi connectivity index (χ2n) is 5.37. The van der Waals surface area contributed by atoms with E-state index in [1.165, 1.54) is 31.0 Å². The summed E-state index contributed by atoms with van der Waals surface area (Å²) in [4.78, 5) is 34.8. The zero-order valence-electron chi connectivity index (χ0n) is 14.7. The van der Waals surface area contributed by atoms with Gasteiger partial charge in [-0.1, -0.05) is 12.1 Å². The number of benzene rings is 2. The highest BCUT2D eigenvalue weighted by Crippen LogP contribution is 2.26. The first-order valence-electron chi connectivity index (χ1n) is 7.91. The molecule has 0 saturated carbocycles. The molecule has 0 aliphatic carbocycles. The molecule has 2 aromatic carbocycles. The normalized spacial score (nSPS) is 11.3. The number of amides is 1. The van der Waals surface area contributed by atoms with Crippen LogP contribution in [-0.2, 0) is 14.3 Å². The predicted octanol–water partition coefficient (Wildman–Crippen LogP) is 3.27. The Labute approximate surface area is 160 Å². The van der Waals surface area contributed by atoms with Crippen molar-refractivity contribution in [3.05, 3.63) is 58.6 Å². The van der Waals surface area contributed by atoms with Crippen molar-refractivity contribution in [3.63, 3.8) is 0 Å². The van der Waals surface area contributed by atoms with Gasteiger partial charge in [-0.15, -0.1) is 11.8 Å². The average Bonchev–Trinajstić information content (AvgIpc) is 2.66. The number of para-hydroxylation sites is 2. The molecule has 0 aliphatic heterocycles. The van der Waals surface area contributed by atoms with E-state index >= 15 is 0 Å². The SMILES string of the molecule is COc1ccccc1NC(=O)COC(=O)[C@H](C)Sc1ccc([N+](=O)[O-])cc1. The monoisotopic (exact) mass is 390 g/mol. The van der Waals surface area contributed by atoms with E-state index in [1.54, 1.807) is 43.3 Å². The molecule has 0 aromatic heterocycles. The number of rotatable bonds is 8. The zero-order chi connectivity index (χ0) is 19.8. The van der Waals surface area contributed by atoms with Crippen molar-refractivity contribution < 1.29 is 24.0 Å². The van der Waals surface area contributed by atoms with Crippen molar-refractivity contribution in [3.8, 4) is 5.75 Å². The first kappa shape index (κ1) is 20.2. The van der Waals surface area contributed by atoms with E-state index in [0.29, 0.717) is 16.3 Å². The van der Waals surface area contributed by atoms with Crippen LogP contribution in [0, 0.1) is 10.1 Å². The highest BCUT2D eigenvalue weighted by Gasteiger charge is 2.18. The van der Waals surface area contributed by atoms with Gasteiger partial charge in [-0.25, -0.2) is 0 Å². The molecule has 0 radical (unpaired) electrons. The standard InChI is InChI=1S/C18H18N2O6S/c1-12(27-14-9-7-13(8-10-14)20(23)24)18(22)26-11-17(21)19-15-5-3-4-6-16(15)25-2/h3-10,12H,11H2,1-2H3,(H,19,21)/t12-/m0/s1. The Morgan fingerprint density at radius 3 is 2.48 bits per heavy atom. The van der Waals surface area contributed by atoms with Crippen LogP contribution in [0.1, 0.15) is 6.92 Å². The smallest absolute Gasteiger partial charge is 0.319 e. The molecule has 2 rings (SSSR count). The molecule has 27 heavy (non-hydrogen) atoms. The number of hydrogen-bond donors (Lipinski definition) is 1. The number of ether oxygens (including phenoxy) is 2. The van der Waals surface area contributed by atoms with Crippen molar-refractivity contribution in [2.75, 3.05) is 19.0 Å². The van der Waals surface area contributed by atoms with Crippen LogP contribution in [0.4, 0.5) is 11.4 Å². The summed E-state index contributed by atoms with van der Waals surface area (Å²) in [5.74, 6) is -0.548. The fraction of sp³-hybridized carbons (Fsp3) is 0.222. The number of non-ortho nitro benzene ring substituents is 1. The molecular formula is C18H18N2O6S. The summed E-state index contributed by atoms with van der Waals surface area (Å²) in [5, 5.41) is 12.7. The lowest BCUT2D eigenvalue weighted by atomic mass is 10.3. The number of anilines is 1. The average molecular weight is 390 g/mol. The third kappa shape index (κ3) is 6.00. The summed E-state index contributed by atoms with van der Waals surface area (Å²) in [6.07, 6.45) is 0. The number of carbonyl (C=O) groups excluding carboxylic acids is 2. The highest BCUT2D eigenvalue weighted by molar-refractivity contribution is 8.00. The summed E-state index contributed by atoms with van der Waals surface area (Å²) in [6.45, 7) is 1.20. The molecular weight excluding hydrogens is 372 g/mol. The summed E-state index contributed by atoms with van der Waals surface area (Å²) in [7, 11) is 1.49. The van der Waals surface area contributed by atoms with Gasteiger partial charge in [-0.05, 0) is 31.2 Å². The topological polar surface area (TPSA) is 108 Å². The molecule has 142 valence electrons. The number of thioether (sulfide) groups is 1. The van der Waals surface area contributed by atoms with Gasteiger partial charge >= 0.3 is 5.97 Å². The van der Waals surface area contributed by atoms with Crippen LogP contribution in [-0.4, -0.2) is 35.8 Å². The third-order valence-electron chi connectivity index (χ3n) is 3.42. The van der Waals surface area contributed by atoms with Gasteiger partial charge in [0, 0.05) is 17.0 Å². The minimum absolute atomic E-state index is 0.0254. The van der Waals surface area contributed by atoms with Crippen molar-refractivity contribution in [2.24, 2.45) is 0 Å². The minimum atomic E-state index is -0.578. The quantitative estimate of drug-likeness (QED) is 0.319. The zero-order valence-corrected chi connectivity index (χ0v) is 15.5. The molecule has 1 amide bonds. The molecule has 0 bridgehead atoms. The van der Waals surface area contributed by atoms with Crippen LogP contribution in [0.3, 0.4) is 0 Å². The molecule has 1 N–H and O–H groups in total. The van der Waals surface area contributed by atoms with Gasteiger partial charge in [0.15, 0.2) is 6.61 Å². The van der Waals surface area contributed by atoms with Crippen LogP contribution in [0.2, 0.25) is 0 Å². The number of methoxy groups -OCH3 is 1. The van der Waals surface area contributed by atoms with Gasteiger partial charge in [0.25, 0.3) is 11.6 Å². The maximum Gasteiger partial charge on any atom is 0.319 e. The van der Waals surface area contributed by atoms with Crippen LogP contribution >= 0.6 is 11.8 Å². The molecule has 1 atom stereocenters. The number of nitro groups is 1. The molecule has 0 heterocycles. The van der Waals surface area contributed by atoms with Gasteiger partial charge < -0.3 is 14.8 Å².